The second-order valence-corrected chi connectivity index (χ2v) is 19.7. The first-order valence-corrected chi connectivity index (χ1v) is 21.5. The molecule has 1 aliphatic heterocycles. The first-order valence-electron chi connectivity index (χ1n) is 17.6. The van der Waals surface area contributed by atoms with Crippen LogP contribution in [0, 0.1) is 0 Å². The molecule has 0 spiro atoms. The molecule has 0 bridgehead atoms. The van der Waals surface area contributed by atoms with Gasteiger partial charge in [-0.3, -0.25) is 0 Å². The SMILES string of the molecule is CN1c2ccccc2P(c2ccccc2)c2ccccc2N(C)c2cc3ccccc3cc2[PH](C)(c2ccccc2)c2cc3ccccc3cc21. The van der Waals surface area contributed by atoms with Crippen LogP contribution in [0.2, 0.25) is 0 Å². The summed E-state index contributed by atoms with van der Waals surface area (Å²) in [6, 6.07) is 68.3. The van der Waals surface area contributed by atoms with Gasteiger partial charge < -0.3 is 0 Å². The summed E-state index contributed by atoms with van der Waals surface area (Å²) in [4.78, 5) is 5.00. The van der Waals surface area contributed by atoms with Crippen molar-refractivity contribution in [3.63, 3.8) is 0 Å². The Bertz CT molecular complexity index is 2410. The molecule has 8 aromatic carbocycles. The van der Waals surface area contributed by atoms with Gasteiger partial charge in [0.2, 0.25) is 0 Å². The predicted molar refractivity (Wildman–Crippen MR) is 229 cm³/mol. The zero-order valence-corrected chi connectivity index (χ0v) is 31.1. The van der Waals surface area contributed by atoms with Gasteiger partial charge in [-0.05, 0) is 0 Å². The van der Waals surface area contributed by atoms with E-state index in [-0.39, 0.29) is 0 Å². The molecule has 0 N–H and O–H groups in total. The molecule has 0 atom stereocenters. The van der Waals surface area contributed by atoms with Gasteiger partial charge in [0.1, 0.15) is 0 Å². The van der Waals surface area contributed by atoms with Gasteiger partial charge in [0.25, 0.3) is 0 Å². The van der Waals surface area contributed by atoms with Gasteiger partial charge in [-0.2, -0.15) is 0 Å². The number of hydrogen-bond acceptors (Lipinski definition) is 2. The molecule has 0 amide bonds. The number of para-hydroxylation sites is 2. The van der Waals surface area contributed by atoms with E-state index < -0.39 is 15.2 Å². The fourth-order valence-electron chi connectivity index (χ4n) is 8.16. The van der Waals surface area contributed by atoms with Crippen molar-refractivity contribution in [1.29, 1.82) is 0 Å². The Morgan fingerprint density at radius 2 is 0.765 bits per heavy atom. The Morgan fingerprint density at radius 3 is 1.24 bits per heavy atom. The van der Waals surface area contributed by atoms with Crippen LogP contribution in [-0.4, -0.2) is 20.8 Å². The molecule has 248 valence electrons. The summed E-state index contributed by atoms with van der Waals surface area (Å²) in [6.07, 6.45) is 0. The summed E-state index contributed by atoms with van der Waals surface area (Å²) >= 11 is 0. The van der Waals surface area contributed by atoms with Crippen molar-refractivity contribution in [2.24, 2.45) is 0 Å². The van der Waals surface area contributed by atoms with Crippen LogP contribution < -0.4 is 41.6 Å². The summed E-state index contributed by atoms with van der Waals surface area (Å²) in [5.74, 6) is 0. The molecule has 0 saturated heterocycles. The van der Waals surface area contributed by atoms with E-state index >= 15 is 0 Å². The van der Waals surface area contributed by atoms with E-state index in [4.69, 9.17) is 0 Å². The van der Waals surface area contributed by atoms with Gasteiger partial charge in [-0.25, -0.2) is 0 Å². The third-order valence-electron chi connectivity index (χ3n) is 10.9. The fourth-order valence-corrected chi connectivity index (χ4v) is 15.0. The third-order valence-corrected chi connectivity index (χ3v) is 17.8. The van der Waals surface area contributed by atoms with E-state index in [0.717, 1.165) is 0 Å². The Hall–Kier alpha value is -5.26. The van der Waals surface area contributed by atoms with Crippen molar-refractivity contribution in [2.75, 3.05) is 30.6 Å². The van der Waals surface area contributed by atoms with Crippen LogP contribution in [-0.2, 0) is 0 Å². The van der Waals surface area contributed by atoms with Gasteiger partial charge >= 0.3 is 304 Å². The molecule has 0 saturated carbocycles. The van der Waals surface area contributed by atoms with Crippen molar-refractivity contribution < 1.29 is 0 Å². The Kier molecular flexibility index (Phi) is 7.96. The number of fused-ring (bicyclic) bond motifs is 6. The van der Waals surface area contributed by atoms with Gasteiger partial charge in [0, 0.05) is 0 Å². The first kappa shape index (κ1) is 31.7. The van der Waals surface area contributed by atoms with Gasteiger partial charge in [0.15, 0.2) is 0 Å². The summed E-state index contributed by atoms with van der Waals surface area (Å²) < 4.78 is 0. The van der Waals surface area contributed by atoms with Gasteiger partial charge in [-0.1, -0.05) is 0 Å². The molecule has 4 heteroatoms. The van der Waals surface area contributed by atoms with Crippen molar-refractivity contribution in [3.05, 3.63) is 182 Å². The second kappa shape index (κ2) is 12.8. The van der Waals surface area contributed by atoms with Gasteiger partial charge in [-0.15, -0.1) is 0 Å². The molecule has 0 aromatic heterocycles. The molecule has 9 rings (SSSR count). The van der Waals surface area contributed by atoms with Crippen LogP contribution >= 0.6 is 15.2 Å². The van der Waals surface area contributed by atoms with E-state index in [0.29, 0.717) is 0 Å². The molecule has 8 aromatic rings. The van der Waals surface area contributed by atoms with Gasteiger partial charge in [0.05, 0.1) is 0 Å². The molecule has 2 nitrogen and oxygen atoms in total. The maximum atomic E-state index is 2.58. The van der Waals surface area contributed by atoms with Crippen LogP contribution in [0.1, 0.15) is 0 Å². The molecule has 0 radical (unpaired) electrons. The molecule has 51 heavy (non-hydrogen) atoms. The van der Waals surface area contributed by atoms with Crippen LogP contribution in [0.3, 0.4) is 0 Å². The number of hydrogen-bond donors (Lipinski definition) is 0. The number of benzene rings is 8. The summed E-state index contributed by atoms with van der Waals surface area (Å²) in [5, 5.41) is 13.3. The Balaban J connectivity index is 1.49. The minimum atomic E-state index is -2.75. The summed E-state index contributed by atoms with van der Waals surface area (Å²) in [6.45, 7) is 2.58. The zero-order valence-electron chi connectivity index (χ0n) is 29.2. The van der Waals surface area contributed by atoms with Crippen LogP contribution in [0.15, 0.2) is 182 Å². The zero-order chi connectivity index (χ0) is 34.5. The number of nitrogens with zero attached hydrogens (tertiary/aromatic N) is 2. The van der Waals surface area contributed by atoms with E-state index in [1.807, 2.05) is 0 Å². The van der Waals surface area contributed by atoms with Crippen molar-refractivity contribution in [2.45, 2.75) is 0 Å². The monoisotopic (exact) mass is 694 g/mol. The standard InChI is InChI=1S/C47H40N2P2/c1-48-40-26-14-16-28-44(40)50(38-22-6-4-7-23-38)45-29-17-15-27-41(45)49(2)43-31-35-19-11-13-21-37(35)33-47(43)51(3,39-24-8-5-9-25-39)46-32-36-20-12-10-18-34(36)30-42(46)48/h4-33,51H,1-3H3. The average Bonchev–Trinajstić information content (AvgIpc) is 3.20. The quantitative estimate of drug-likeness (QED) is 0.167. The predicted octanol–water partition coefficient (Wildman–Crippen LogP) is 9.26. The maximum absolute atomic E-state index is 2.75. The molecular formula is C47H40N2P2. The third kappa shape index (κ3) is 5.25. The number of anilines is 4. The molecular weight excluding hydrogens is 654 g/mol. The van der Waals surface area contributed by atoms with E-state index in [1.165, 1.54) is 76.1 Å². The fraction of sp³-hybridized carbons (Fsp3) is 0.0638. The Morgan fingerprint density at radius 1 is 0.392 bits per heavy atom. The molecule has 1 heterocycles. The summed E-state index contributed by atoms with van der Waals surface area (Å²) in [5.41, 5.74) is 5.01. The van der Waals surface area contributed by atoms with Crippen LogP contribution in [0.4, 0.5) is 22.7 Å². The normalized spacial score (nSPS) is 15.9. The van der Waals surface area contributed by atoms with Crippen LogP contribution in [0.5, 0.6) is 0 Å². The number of rotatable bonds is 2. The topological polar surface area (TPSA) is 6.48 Å². The van der Waals surface area contributed by atoms with Crippen molar-refractivity contribution in [1.82, 2.24) is 0 Å². The molecule has 1 aliphatic rings. The van der Waals surface area contributed by atoms with E-state index in [1.54, 1.807) is 0 Å². The Labute approximate surface area is 302 Å². The van der Waals surface area contributed by atoms with E-state index in [2.05, 4.69) is 213 Å². The van der Waals surface area contributed by atoms with Crippen molar-refractivity contribution >= 4 is 91.3 Å². The molecule has 0 aliphatic carbocycles. The minimum absolute atomic E-state index is 0.932. The van der Waals surface area contributed by atoms with Crippen LogP contribution in [0.25, 0.3) is 21.5 Å². The molecule has 0 unspecified atom stereocenters. The van der Waals surface area contributed by atoms with Crippen molar-refractivity contribution in [3.8, 4) is 0 Å². The van der Waals surface area contributed by atoms with E-state index in [9.17, 15) is 0 Å². The molecule has 0 fully saturated rings. The average molecular weight is 695 g/mol. The second-order valence-electron chi connectivity index (χ2n) is 13.7. The summed E-state index contributed by atoms with van der Waals surface area (Å²) in [7, 11) is 0.893. The first-order chi connectivity index (χ1) is 25.0.